The van der Waals surface area contributed by atoms with E-state index in [1.165, 1.54) is 0 Å². The van der Waals surface area contributed by atoms with Gasteiger partial charge >= 0.3 is 0 Å². The maximum absolute atomic E-state index is 9.99. The lowest BCUT2D eigenvalue weighted by Crippen LogP contribution is -2.21. The first-order chi connectivity index (χ1) is 8.76. The quantitative estimate of drug-likeness (QED) is 0.475. The fourth-order valence-electron chi connectivity index (χ4n) is 1.73. The van der Waals surface area contributed by atoms with Crippen molar-refractivity contribution in [1.29, 1.82) is 0 Å². The van der Waals surface area contributed by atoms with Crippen LogP contribution in [0.3, 0.4) is 0 Å². The van der Waals surface area contributed by atoms with Crippen LogP contribution >= 0.6 is 0 Å². The van der Waals surface area contributed by atoms with Gasteiger partial charge in [-0.3, -0.25) is 0 Å². The average Bonchev–Trinajstić information content (AvgIpc) is 2.43. The molecule has 1 aromatic rings. The Morgan fingerprint density at radius 1 is 1.33 bits per heavy atom. The molecular formula is C11H13N3O4. The zero-order chi connectivity index (χ0) is 13.0. The third kappa shape index (κ3) is 2.48. The third-order valence-electron chi connectivity index (χ3n) is 2.66. The lowest BCUT2D eigenvalue weighted by atomic mass is 10.0. The first kappa shape index (κ1) is 12.5. The number of azide groups is 1. The zero-order valence-electron chi connectivity index (χ0n) is 9.56. The van der Waals surface area contributed by atoms with E-state index in [4.69, 9.17) is 20.1 Å². The summed E-state index contributed by atoms with van der Waals surface area (Å²) < 4.78 is 10.7. The number of hydrogen-bond acceptors (Lipinski definition) is 5. The molecule has 2 unspecified atom stereocenters. The highest BCUT2D eigenvalue weighted by Gasteiger charge is 2.21. The summed E-state index contributed by atoms with van der Waals surface area (Å²) in [5, 5.41) is 22.4. The summed E-state index contributed by atoms with van der Waals surface area (Å²) in [6.45, 7) is 0.513. The Morgan fingerprint density at radius 3 is 2.72 bits per heavy atom. The largest absolute Gasteiger partial charge is 0.486 e. The lowest BCUT2D eigenvalue weighted by molar-refractivity contribution is 0.108. The van der Waals surface area contributed by atoms with Gasteiger partial charge in [-0.15, -0.1) is 0 Å². The smallest absolute Gasteiger partial charge is 0.161 e. The van der Waals surface area contributed by atoms with Crippen LogP contribution < -0.4 is 9.47 Å². The number of hydrogen-bond donors (Lipinski definition) is 2. The van der Waals surface area contributed by atoms with Gasteiger partial charge in [-0.1, -0.05) is 11.2 Å². The van der Waals surface area contributed by atoms with E-state index in [9.17, 15) is 5.11 Å². The molecule has 1 heterocycles. The van der Waals surface area contributed by atoms with E-state index in [-0.39, 0.29) is 0 Å². The number of aliphatic hydroxyl groups excluding tert-OH is 2. The topological polar surface area (TPSA) is 108 Å². The number of nitrogens with zero attached hydrogens (tertiary/aromatic N) is 3. The maximum atomic E-state index is 9.99. The number of rotatable bonds is 4. The molecule has 2 atom stereocenters. The van der Waals surface area contributed by atoms with Gasteiger partial charge in [0.2, 0.25) is 0 Å². The Labute approximate surface area is 103 Å². The van der Waals surface area contributed by atoms with Gasteiger partial charge in [0.25, 0.3) is 0 Å². The predicted octanol–water partition coefficient (Wildman–Crippen LogP) is 1.16. The molecule has 2 N–H and O–H groups in total. The highest BCUT2D eigenvalue weighted by molar-refractivity contribution is 5.44. The molecule has 7 nitrogen and oxygen atoms in total. The van der Waals surface area contributed by atoms with Crippen LogP contribution in [0.1, 0.15) is 11.7 Å². The van der Waals surface area contributed by atoms with Crippen molar-refractivity contribution in [2.75, 3.05) is 19.8 Å². The first-order valence-corrected chi connectivity index (χ1v) is 5.49. The molecule has 18 heavy (non-hydrogen) atoms. The van der Waals surface area contributed by atoms with Gasteiger partial charge in [0.1, 0.15) is 13.2 Å². The summed E-state index contributed by atoms with van der Waals surface area (Å²) in [6.07, 6.45) is -1.08. The molecule has 2 rings (SSSR count). The molecule has 0 saturated carbocycles. The molecule has 0 radical (unpaired) electrons. The fourth-order valence-corrected chi connectivity index (χ4v) is 1.73. The Morgan fingerprint density at radius 2 is 2.06 bits per heavy atom. The van der Waals surface area contributed by atoms with E-state index < -0.39 is 18.8 Å². The van der Waals surface area contributed by atoms with Crippen molar-refractivity contribution in [3.63, 3.8) is 0 Å². The molecule has 0 aromatic heterocycles. The minimum absolute atomic E-state index is 0.431. The monoisotopic (exact) mass is 251 g/mol. The molecule has 1 aliphatic heterocycles. The van der Waals surface area contributed by atoms with Crippen molar-refractivity contribution in [3.05, 3.63) is 34.2 Å². The molecule has 1 aliphatic rings. The summed E-state index contributed by atoms with van der Waals surface area (Å²) in [6, 6.07) is 4.03. The van der Waals surface area contributed by atoms with Crippen LogP contribution in [0.5, 0.6) is 11.5 Å². The summed E-state index contributed by atoms with van der Waals surface area (Å²) in [4.78, 5) is 2.59. The SMILES string of the molecule is [N-]=[N+]=NC(CO)C(O)c1ccc2c(c1)OCCO2. The van der Waals surface area contributed by atoms with E-state index in [1.54, 1.807) is 18.2 Å². The fraction of sp³-hybridized carbons (Fsp3) is 0.455. The lowest BCUT2D eigenvalue weighted by Gasteiger charge is -2.21. The molecule has 0 spiro atoms. The van der Waals surface area contributed by atoms with Crippen molar-refractivity contribution < 1.29 is 19.7 Å². The summed E-state index contributed by atoms with van der Waals surface area (Å²) in [5.41, 5.74) is 8.85. The van der Waals surface area contributed by atoms with E-state index >= 15 is 0 Å². The van der Waals surface area contributed by atoms with Crippen molar-refractivity contribution in [3.8, 4) is 11.5 Å². The predicted molar refractivity (Wildman–Crippen MR) is 62.4 cm³/mol. The summed E-state index contributed by atoms with van der Waals surface area (Å²) in [7, 11) is 0. The number of benzene rings is 1. The molecule has 96 valence electrons. The third-order valence-corrected chi connectivity index (χ3v) is 2.66. The molecule has 0 saturated heterocycles. The average molecular weight is 251 g/mol. The molecule has 0 bridgehead atoms. The zero-order valence-corrected chi connectivity index (χ0v) is 9.56. The first-order valence-electron chi connectivity index (χ1n) is 5.49. The van der Waals surface area contributed by atoms with Gasteiger partial charge in [-0.2, -0.15) is 0 Å². The summed E-state index contributed by atoms with van der Waals surface area (Å²) in [5.74, 6) is 1.15. The van der Waals surface area contributed by atoms with Crippen molar-refractivity contribution in [2.45, 2.75) is 12.1 Å². The second-order valence-electron chi connectivity index (χ2n) is 3.80. The highest BCUT2D eigenvalue weighted by Crippen LogP contribution is 2.33. The summed E-state index contributed by atoms with van der Waals surface area (Å²) >= 11 is 0. The van der Waals surface area contributed by atoms with E-state index in [1.807, 2.05) is 0 Å². The Hall–Kier alpha value is -1.95. The minimum atomic E-state index is -1.08. The second kappa shape index (κ2) is 5.59. The van der Waals surface area contributed by atoms with Crippen LogP contribution in [0.25, 0.3) is 10.4 Å². The number of aliphatic hydroxyl groups is 2. The van der Waals surface area contributed by atoms with Gasteiger partial charge in [0.05, 0.1) is 18.8 Å². The van der Waals surface area contributed by atoms with Crippen LogP contribution in [0.4, 0.5) is 0 Å². The Bertz CT molecular complexity index is 473. The molecule has 0 amide bonds. The standard InChI is InChI=1S/C11H13N3O4/c12-14-13-8(6-15)11(16)7-1-2-9-10(5-7)18-4-3-17-9/h1-2,5,8,11,15-16H,3-4,6H2. The minimum Gasteiger partial charge on any atom is -0.486 e. The molecule has 0 fully saturated rings. The highest BCUT2D eigenvalue weighted by atomic mass is 16.6. The van der Waals surface area contributed by atoms with Gasteiger partial charge < -0.3 is 19.7 Å². The second-order valence-corrected chi connectivity index (χ2v) is 3.80. The normalized spacial score (nSPS) is 16.6. The van der Waals surface area contributed by atoms with Crippen molar-refractivity contribution >= 4 is 0 Å². The molecular weight excluding hydrogens is 238 g/mol. The number of fused-ring (bicyclic) bond motifs is 1. The molecule has 0 aliphatic carbocycles. The van der Waals surface area contributed by atoms with Gasteiger partial charge in [-0.05, 0) is 23.2 Å². The maximum Gasteiger partial charge on any atom is 0.161 e. The van der Waals surface area contributed by atoms with Crippen LogP contribution in [0.2, 0.25) is 0 Å². The van der Waals surface area contributed by atoms with Gasteiger partial charge in [0.15, 0.2) is 11.5 Å². The van der Waals surface area contributed by atoms with E-state index in [2.05, 4.69) is 10.0 Å². The van der Waals surface area contributed by atoms with Crippen LogP contribution in [-0.2, 0) is 0 Å². The Kier molecular flexibility index (Phi) is 3.88. The van der Waals surface area contributed by atoms with E-state index in [0.717, 1.165) is 0 Å². The van der Waals surface area contributed by atoms with Crippen molar-refractivity contribution in [2.24, 2.45) is 5.11 Å². The Balaban J connectivity index is 2.24. The van der Waals surface area contributed by atoms with Crippen LogP contribution in [0.15, 0.2) is 23.3 Å². The van der Waals surface area contributed by atoms with Crippen molar-refractivity contribution in [1.82, 2.24) is 0 Å². The molecule has 7 heteroatoms. The molecule has 1 aromatic carbocycles. The van der Waals surface area contributed by atoms with Gasteiger partial charge in [0, 0.05) is 4.91 Å². The van der Waals surface area contributed by atoms with Crippen LogP contribution in [-0.4, -0.2) is 36.1 Å². The van der Waals surface area contributed by atoms with E-state index in [0.29, 0.717) is 30.3 Å². The van der Waals surface area contributed by atoms with Crippen LogP contribution in [0, 0.1) is 0 Å². The van der Waals surface area contributed by atoms with Gasteiger partial charge in [-0.25, -0.2) is 0 Å². The number of ether oxygens (including phenoxy) is 2.